The molecule has 12 nitrogen and oxygen atoms in total. The number of nitrogens with zero attached hydrogens (tertiary/aromatic N) is 10. The van der Waals surface area contributed by atoms with Gasteiger partial charge in [-0.15, -0.1) is 0 Å². The molecular weight excluding hydrogens is 432 g/mol. The molecule has 2 N–H and O–H groups in total. The first-order valence-electron chi connectivity index (χ1n) is 10.3. The van der Waals surface area contributed by atoms with Gasteiger partial charge in [0.1, 0.15) is 35.2 Å². The molecule has 0 amide bonds. The van der Waals surface area contributed by atoms with Gasteiger partial charge >= 0.3 is 0 Å². The third-order valence-corrected chi connectivity index (χ3v) is 5.29. The Bertz CT molecular complexity index is 1720. The molecule has 5 heterocycles. The number of rotatable bonds is 0. The van der Waals surface area contributed by atoms with Gasteiger partial charge in [-0.05, 0) is 0 Å². The van der Waals surface area contributed by atoms with Gasteiger partial charge in [0, 0.05) is 21.5 Å². The van der Waals surface area contributed by atoms with Gasteiger partial charge in [-0.1, -0.05) is 48.5 Å². The maximum Gasteiger partial charge on any atom is 0.256 e. The van der Waals surface area contributed by atoms with Crippen LogP contribution in [0.15, 0.2) is 61.2 Å². The van der Waals surface area contributed by atoms with Crippen molar-refractivity contribution in [3.05, 3.63) is 61.2 Å². The lowest BCUT2D eigenvalue weighted by molar-refractivity contribution is 1.08. The van der Waals surface area contributed by atoms with Crippen LogP contribution in [-0.2, 0) is 0 Å². The number of hydrogen-bond acceptors (Lipinski definition) is 10. The molecule has 0 fully saturated rings. The number of aromatic nitrogens is 12. The second-order valence-electron chi connectivity index (χ2n) is 7.35. The molecule has 7 rings (SSSR count). The Morgan fingerprint density at radius 1 is 0.382 bits per heavy atom. The Morgan fingerprint density at radius 2 is 0.676 bits per heavy atom. The van der Waals surface area contributed by atoms with Crippen molar-refractivity contribution in [2.24, 2.45) is 0 Å². The van der Waals surface area contributed by atoms with Gasteiger partial charge in [0.15, 0.2) is 0 Å². The first-order chi connectivity index (χ1) is 16.8. The van der Waals surface area contributed by atoms with E-state index in [0.29, 0.717) is 22.6 Å². The Labute approximate surface area is 188 Å². The second-order valence-corrected chi connectivity index (χ2v) is 7.35. The molecule has 0 aliphatic rings. The van der Waals surface area contributed by atoms with E-state index in [1.54, 1.807) is 0 Å². The van der Waals surface area contributed by atoms with E-state index in [2.05, 4.69) is 59.8 Å². The first kappa shape index (κ1) is 18.3. The highest BCUT2D eigenvalue weighted by Gasteiger charge is 2.07. The molecule has 34 heavy (non-hydrogen) atoms. The summed E-state index contributed by atoms with van der Waals surface area (Å²) in [7, 11) is 0. The van der Waals surface area contributed by atoms with Gasteiger partial charge in [-0.25, -0.2) is 0 Å². The lowest BCUT2D eigenvalue weighted by Gasteiger charge is -1.90. The number of fused-ring (bicyclic) bond motifs is 14. The van der Waals surface area contributed by atoms with Crippen molar-refractivity contribution in [3.63, 3.8) is 0 Å². The molecule has 2 aromatic carbocycles. The van der Waals surface area contributed by atoms with E-state index in [1.807, 2.05) is 48.5 Å². The molecule has 0 aliphatic carbocycles. The first-order valence-corrected chi connectivity index (χ1v) is 10.3. The largest absolute Gasteiger partial charge is 0.324 e. The zero-order valence-electron chi connectivity index (χ0n) is 17.2. The van der Waals surface area contributed by atoms with Crippen LogP contribution in [0.4, 0.5) is 0 Å². The van der Waals surface area contributed by atoms with Crippen molar-refractivity contribution in [2.75, 3.05) is 0 Å². The van der Waals surface area contributed by atoms with E-state index in [-0.39, 0.29) is 23.1 Å². The molecule has 160 valence electrons. The SMILES string of the molecule is c1ccc2c3nc4ncnc(n4)nc4[nH]c(nc5ncnc(n5)nc([nH]3)c2c1)c1ccccc41. The normalized spacial score (nSPS) is 11.5. The summed E-state index contributed by atoms with van der Waals surface area (Å²) in [6.07, 6.45) is 2.76. The standard InChI is InChI=1S/C22H12N12/c1-2-6-12-11(5-1)15-27-16(12)30-20-24-10-26-22(34-20)32-18-14-8-4-3-7-13(14)17(28-18)31-21-25-9-23-19(29-15)33-21/h1-10H,(H2,23,24,25,26,27,28,29,30,31,32,33,34). The van der Waals surface area contributed by atoms with E-state index in [0.717, 1.165) is 21.5 Å². The van der Waals surface area contributed by atoms with Crippen LogP contribution in [0.3, 0.4) is 0 Å². The van der Waals surface area contributed by atoms with Gasteiger partial charge in [0.2, 0.25) is 0 Å². The Balaban J connectivity index is 1.71. The van der Waals surface area contributed by atoms with Crippen LogP contribution in [0.25, 0.3) is 67.2 Å². The summed E-state index contributed by atoms with van der Waals surface area (Å²) in [5.41, 5.74) is 2.19. The minimum atomic E-state index is 0.211. The van der Waals surface area contributed by atoms with Crippen molar-refractivity contribution in [1.82, 2.24) is 59.8 Å². The highest BCUT2D eigenvalue weighted by Crippen LogP contribution is 2.23. The van der Waals surface area contributed by atoms with Crippen molar-refractivity contribution in [3.8, 4) is 0 Å². The fraction of sp³-hybridized carbons (Fsp3) is 0. The van der Waals surface area contributed by atoms with E-state index >= 15 is 0 Å². The number of hydrogen-bond donors (Lipinski definition) is 2. The summed E-state index contributed by atoms with van der Waals surface area (Å²) in [5.74, 6) is 0.843. The Hall–Kier alpha value is -5.26. The molecule has 0 aliphatic heterocycles. The molecule has 0 spiro atoms. The highest BCUT2D eigenvalue weighted by atomic mass is 15.1. The third kappa shape index (κ3) is 3.01. The maximum atomic E-state index is 4.59. The monoisotopic (exact) mass is 444 g/mol. The molecule has 7 aromatic rings. The molecule has 0 atom stereocenters. The molecule has 5 aromatic heterocycles. The molecule has 12 heteroatoms. The summed E-state index contributed by atoms with van der Waals surface area (Å²) < 4.78 is 0. The number of nitrogens with one attached hydrogen (secondary N) is 2. The van der Waals surface area contributed by atoms with Crippen molar-refractivity contribution >= 4 is 67.2 Å². The predicted octanol–water partition coefficient (Wildman–Crippen LogP) is 2.90. The van der Waals surface area contributed by atoms with Crippen LogP contribution in [0, 0.1) is 0 Å². The minimum Gasteiger partial charge on any atom is -0.324 e. The molecule has 0 radical (unpaired) electrons. The average Bonchev–Trinajstić information content (AvgIpc) is 3.37. The Kier molecular flexibility index (Phi) is 3.84. The fourth-order valence-electron chi connectivity index (χ4n) is 3.81. The highest BCUT2D eigenvalue weighted by molar-refractivity contribution is 6.05. The van der Waals surface area contributed by atoms with Crippen LogP contribution in [-0.4, -0.2) is 59.8 Å². The predicted molar refractivity (Wildman–Crippen MR) is 125 cm³/mol. The van der Waals surface area contributed by atoms with Crippen molar-refractivity contribution in [2.45, 2.75) is 0 Å². The number of aromatic amines is 2. The van der Waals surface area contributed by atoms with E-state index < -0.39 is 0 Å². The smallest absolute Gasteiger partial charge is 0.256 e. The van der Waals surface area contributed by atoms with E-state index in [4.69, 9.17) is 0 Å². The number of benzene rings is 2. The molecular formula is C22H12N12. The fourth-order valence-corrected chi connectivity index (χ4v) is 3.81. The quantitative estimate of drug-likeness (QED) is 0.356. The van der Waals surface area contributed by atoms with Crippen molar-refractivity contribution in [1.29, 1.82) is 0 Å². The van der Waals surface area contributed by atoms with Gasteiger partial charge in [-0.3, -0.25) is 0 Å². The van der Waals surface area contributed by atoms with Crippen LogP contribution >= 0.6 is 0 Å². The van der Waals surface area contributed by atoms with E-state index in [1.165, 1.54) is 12.7 Å². The lowest BCUT2D eigenvalue weighted by Crippen LogP contribution is -1.91. The van der Waals surface area contributed by atoms with Crippen molar-refractivity contribution < 1.29 is 0 Å². The van der Waals surface area contributed by atoms with Gasteiger partial charge in [0.05, 0.1) is 0 Å². The van der Waals surface area contributed by atoms with E-state index in [9.17, 15) is 0 Å². The summed E-state index contributed by atoms with van der Waals surface area (Å²) in [4.78, 5) is 50.4. The zero-order valence-corrected chi connectivity index (χ0v) is 17.2. The minimum absolute atomic E-state index is 0.211. The van der Waals surface area contributed by atoms with Gasteiger partial charge < -0.3 is 9.97 Å². The summed E-state index contributed by atoms with van der Waals surface area (Å²) in [6.45, 7) is 0. The van der Waals surface area contributed by atoms with Crippen LogP contribution in [0.1, 0.15) is 0 Å². The summed E-state index contributed by atoms with van der Waals surface area (Å²) in [6, 6.07) is 15.4. The second kappa shape index (κ2) is 7.13. The topological polar surface area (TPSA) is 160 Å². The Morgan fingerprint density at radius 3 is 0.971 bits per heavy atom. The molecule has 0 saturated heterocycles. The van der Waals surface area contributed by atoms with Crippen LogP contribution in [0.5, 0.6) is 0 Å². The molecule has 8 bridgehead atoms. The lowest BCUT2D eigenvalue weighted by atomic mass is 10.2. The third-order valence-electron chi connectivity index (χ3n) is 5.29. The summed E-state index contributed by atoms with van der Waals surface area (Å²) in [5, 5.41) is 3.40. The average molecular weight is 444 g/mol. The summed E-state index contributed by atoms with van der Waals surface area (Å²) >= 11 is 0. The zero-order chi connectivity index (χ0) is 22.5. The number of H-pyrrole nitrogens is 2. The van der Waals surface area contributed by atoms with Crippen LogP contribution < -0.4 is 0 Å². The van der Waals surface area contributed by atoms with Gasteiger partial charge in [-0.2, -0.15) is 49.8 Å². The molecule has 0 saturated carbocycles. The maximum absolute atomic E-state index is 4.59. The van der Waals surface area contributed by atoms with Crippen LogP contribution in [0.2, 0.25) is 0 Å². The van der Waals surface area contributed by atoms with Gasteiger partial charge in [0.25, 0.3) is 23.1 Å². The molecule has 0 unspecified atom stereocenters.